The average Bonchev–Trinajstić information content (AvgIpc) is 3.33. The summed E-state index contributed by atoms with van der Waals surface area (Å²) in [6.45, 7) is 6.20. The molecule has 4 heterocycles. The lowest BCUT2D eigenvalue weighted by atomic mass is 10.0. The highest BCUT2D eigenvalue weighted by molar-refractivity contribution is 7.91. The van der Waals surface area contributed by atoms with Crippen LogP contribution in [0.25, 0.3) is 22.0 Å². The number of benzene rings is 1. The molecule has 1 amide bonds. The second-order valence-corrected chi connectivity index (χ2v) is 11.2. The highest BCUT2D eigenvalue weighted by atomic mass is 32.2. The van der Waals surface area contributed by atoms with Crippen molar-refractivity contribution in [2.24, 2.45) is 0 Å². The van der Waals surface area contributed by atoms with Gasteiger partial charge in [-0.2, -0.15) is 5.10 Å². The second kappa shape index (κ2) is 9.67. The number of hydrogen-bond acceptors (Lipinski definition) is 8. The molecule has 0 spiro atoms. The number of pyridine rings is 2. The first kappa shape index (κ1) is 23.9. The number of aromatic nitrogens is 4. The lowest BCUT2D eigenvalue weighted by Gasteiger charge is -2.28. The number of H-pyrrole nitrogens is 1. The van der Waals surface area contributed by atoms with Crippen molar-refractivity contribution in [3.63, 3.8) is 0 Å². The van der Waals surface area contributed by atoms with Gasteiger partial charge in [0.25, 0.3) is 5.91 Å². The van der Waals surface area contributed by atoms with Crippen molar-refractivity contribution >= 4 is 38.0 Å². The molecule has 1 aromatic carbocycles. The van der Waals surface area contributed by atoms with Gasteiger partial charge in [0.1, 0.15) is 0 Å². The third-order valence-corrected chi connectivity index (χ3v) is 8.18. The van der Waals surface area contributed by atoms with Gasteiger partial charge in [-0.3, -0.25) is 14.9 Å². The van der Waals surface area contributed by atoms with Crippen LogP contribution in [0.4, 0.5) is 11.4 Å². The van der Waals surface area contributed by atoms with E-state index >= 15 is 0 Å². The maximum atomic E-state index is 13.0. The summed E-state index contributed by atoms with van der Waals surface area (Å²) < 4.78 is 30.0. The molecule has 3 aromatic heterocycles. The Bertz CT molecular complexity index is 1510. The van der Waals surface area contributed by atoms with Crippen molar-refractivity contribution in [2.45, 2.75) is 24.1 Å². The van der Waals surface area contributed by atoms with E-state index in [0.717, 1.165) is 35.4 Å². The Kier molecular flexibility index (Phi) is 6.42. The molecule has 1 fully saturated rings. The average molecular weight is 507 g/mol. The van der Waals surface area contributed by atoms with Crippen LogP contribution >= 0.6 is 0 Å². The molecule has 1 saturated heterocycles. The molecule has 0 aliphatic carbocycles. The molecule has 0 bridgehead atoms. The van der Waals surface area contributed by atoms with Gasteiger partial charge in [0.15, 0.2) is 20.6 Å². The van der Waals surface area contributed by atoms with Gasteiger partial charge in [0.05, 0.1) is 47.7 Å². The Morgan fingerprint density at radius 3 is 2.58 bits per heavy atom. The highest BCUT2D eigenvalue weighted by Crippen LogP contribution is 2.28. The van der Waals surface area contributed by atoms with E-state index in [0.29, 0.717) is 24.3 Å². The summed E-state index contributed by atoms with van der Waals surface area (Å²) in [5.74, 6) is -0.431. The van der Waals surface area contributed by atoms with E-state index in [2.05, 4.69) is 36.4 Å². The van der Waals surface area contributed by atoms with Crippen LogP contribution in [-0.2, 0) is 14.6 Å². The zero-order valence-corrected chi connectivity index (χ0v) is 20.7. The summed E-state index contributed by atoms with van der Waals surface area (Å²) >= 11 is 0. The van der Waals surface area contributed by atoms with Crippen LogP contribution in [0.15, 0.2) is 60.0 Å². The number of carbonyl (C=O) groups excluding carboxylic acids is 1. The topological polar surface area (TPSA) is 130 Å². The summed E-state index contributed by atoms with van der Waals surface area (Å²) in [6.07, 6.45) is 4.97. The molecule has 1 aliphatic heterocycles. The molecule has 0 saturated carbocycles. The number of morpholine rings is 1. The molecule has 186 valence electrons. The predicted octanol–water partition coefficient (Wildman–Crippen LogP) is 3.29. The lowest BCUT2D eigenvalue weighted by molar-refractivity contribution is 0.102. The van der Waals surface area contributed by atoms with E-state index in [-0.39, 0.29) is 10.7 Å². The van der Waals surface area contributed by atoms with E-state index in [1.54, 1.807) is 20.0 Å². The van der Waals surface area contributed by atoms with Gasteiger partial charge in [-0.05, 0) is 49.7 Å². The maximum absolute atomic E-state index is 13.0. The molecule has 0 unspecified atom stereocenters. The standard InChI is InChI=1S/C25H26N6O4S/c1-16(2)36(33,34)23-6-4-19(14-27-23)28-25(32)24-21-12-17(3-5-22(21)29-30-24)18-11-20(15-26-13-18)31-7-9-35-10-8-31/h3-6,11-16H,7-10H2,1-2H3,(H,28,32)(H,29,30). The molecule has 0 radical (unpaired) electrons. The minimum atomic E-state index is -3.49. The molecule has 4 aromatic rings. The predicted molar refractivity (Wildman–Crippen MR) is 137 cm³/mol. The van der Waals surface area contributed by atoms with Gasteiger partial charge < -0.3 is 15.0 Å². The summed E-state index contributed by atoms with van der Waals surface area (Å²) in [5, 5.41) is 9.89. The van der Waals surface area contributed by atoms with Crippen LogP contribution in [0.2, 0.25) is 0 Å². The Hall–Kier alpha value is -3.83. The van der Waals surface area contributed by atoms with Crippen LogP contribution in [0.3, 0.4) is 0 Å². The number of carbonyl (C=O) groups is 1. The van der Waals surface area contributed by atoms with Gasteiger partial charge in [0, 0.05) is 30.2 Å². The number of anilines is 2. The lowest BCUT2D eigenvalue weighted by Crippen LogP contribution is -2.36. The van der Waals surface area contributed by atoms with Crippen LogP contribution in [-0.4, -0.2) is 66.0 Å². The van der Waals surface area contributed by atoms with Crippen LogP contribution in [0, 0.1) is 0 Å². The fraction of sp³-hybridized carbons (Fsp3) is 0.280. The second-order valence-electron chi connectivity index (χ2n) is 8.80. The number of amides is 1. The fourth-order valence-electron chi connectivity index (χ4n) is 4.00. The highest BCUT2D eigenvalue weighted by Gasteiger charge is 2.21. The molecule has 0 atom stereocenters. The van der Waals surface area contributed by atoms with Crippen LogP contribution < -0.4 is 10.2 Å². The van der Waals surface area contributed by atoms with Crippen molar-refractivity contribution in [3.05, 3.63) is 60.7 Å². The van der Waals surface area contributed by atoms with Crippen molar-refractivity contribution in [1.29, 1.82) is 0 Å². The minimum Gasteiger partial charge on any atom is -0.378 e. The van der Waals surface area contributed by atoms with Gasteiger partial charge in [0.2, 0.25) is 0 Å². The zero-order chi connectivity index (χ0) is 25.3. The Morgan fingerprint density at radius 2 is 1.86 bits per heavy atom. The normalized spacial score (nSPS) is 14.4. The van der Waals surface area contributed by atoms with Crippen LogP contribution in [0.1, 0.15) is 24.3 Å². The molecule has 2 N–H and O–H groups in total. The van der Waals surface area contributed by atoms with E-state index in [9.17, 15) is 13.2 Å². The quantitative estimate of drug-likeness (QED) is 0.407. The summed E-state index contributed by atoms with van der Waals surface area (Å²) in [6, 6.07) is 10.7. The molecular formula is C25H26N6O4S. The Balaban J connectivity index is 1.39. The molecule has 5 rings (SSSR count). The van der Waals surface area contributed by atoms with Gasteiger partial charge >= 0.3 is 0 Å². The Morgan fingerprint density at radius 1 is 1.06 bits per heavy atom. The van der Waals surface area contributed by atoms with Gasteiger partial charge in [-0.25, -0.2) is 13.4 Å². The number of nitrogens with one attached hydrogen (secondary N) is 2. The Labute approximate surface area is 208 Å². The molecular weight excluding hydrogens is 480 g/mol. The summed E-state index contributed by atoms with van der Waals surface area (Å²) in [5.41, 5.74) is 4.18. The monoisotopic (exact) mass is 506 g/mol. The first-order chi connectivity index (χ1) is 17.3. The zero-order valence-electron chi connectivity index (χ0n) is 19.9. The van der Waals surface area contributed by atoms with E-state index in [1.165, 1.54) is 18.3 Å². The fourth-order valence-corrected chi connectivity index (χ4v) is 4.94. The molecule has 1 aliphatic rings. The summed E-state index contributed by atoms with van der Waals surface area (Å²) in [4.78, 5) is 23.7. The number of sulfone groups is 1. The smallest absolute Gasteiger partial charge is 0.276 e. The van der Waals surface area contributed by atoms with E-state index in [1.807, 2.05) is 24.4 Å². The number of nitrogens with zero attached hydrogens (tertiary/aromatic N) is 4. The van der Waals surface area contributed by atoms with Crippen molar-refractivity contribution in [2.75, 3.05) is 36.5 Å². The van der Waals surface area contributed by atoms with E-state index < -0.39 is 21.0 Å². The van der Waals surface area contributed by atoms with Gasteiger partial charge in [-0.15, -0.1) is 0 Å². The van der Waals surface area contributed by atoms with E-state index in [4.69, 9.17) is 4.74 Å². The number of aromatic amines is 1. The number of rotatable bonds is 6. The maximum Gasteiger partial charge on any atom is 0.276 e. The van der Waals surface area contributed by atoms with Crippen molar-refractivity contribution < 1.29 is 17.9 Å². The third-order valence-electron chi connectivity index (χ3n) is 6.12. The first-order valence-corrected chi connectivity index (χ1v) is 13.1. The summed E-state index contributed by atoms with van der Waals surface area (Å²) in [7, 11) is -3.49. The van der Waals surface area contributed by atoms with Crippen molar-refractivity contribution in [3.8, 4) is 11.1 Å². The first-order valence-electron chi connectivity index (χ1n) is 11.6. The number of ether oxygens (including phenoxy) is 1. The molecule has 10 nitrogen and oxygen atoms in total. The molecule has 36 heavy (non-hydrogen) atoms. The number of fused-ring (bicyclic) bond motifs is 1. The molecule has 11 heteroatoms. The van der Waals surface area contributed by atoms with Crippen molar-refractivity contribution in [1.82, 2.24) is 20.2 Å². The van der Waals surface area contributed by atoms with Gasteiger partial charge in [-0.1, -0.05) is 6.07 Å². The SMILES string of the molecule is CC(C)S(=O)(=O)c1ccc(NC(=O)c2n[nH]c3ccc(-c4cncc(N5CCOCC5)c4)cc23)cn1. The number of hydrogen-bond donors (Lipinski definition) is 2. The third kappa shape index (κ3) is 4.67. The van der Waals surface area contributed by atoms with Crippen LogP contribution in [0.5, 0.6) is 0 Å². The minimum absolute atomic E-state index is 0.0294. The largest absolute Gasteiger partial charge is 0.378 e.